The van der Waals surface area contributed by atoms with Crippen molar-refractivity contribution in [2.24, 2.45) is 23.7 Å². The van der Waals surface area contributed by atoms with Gasteiger partial charge in [0.1, 0.15) is 42.3 Å². The first kappa shape index (κ1) is 62.2. The highest BCUT2D eigenvalue weighted by Gasteiger charge is 2.43. The lowest BCUT2D eigenvalue weighted by atomic mass is 9.84. The van der Waals surface area contributed by atoms with Gasteiger partial charge in [0, 0.05) is 51.7 Å². The molecular formula is C57H88ClN2O12P. The number of aryl methyl sites for hydroxylation is 1. The van der Waals surface area contributed by atoms with Gasteiger partial charge in [0.05, 0.1) is 23.9 Å². The number of ether oxygens (including phenoxy) is 4. The Morgan fingerprint density at radius 2 is 1.56 bits per heavy atom. The number of anilines is 1. The Hall–Kier alpha value is -3.33. The molecule has 3 fully saturated rings. The van der Waals surface area contributed by atoms with E-state index in [-0.39, 0.29) is 60.9 Å². The Morgan fingerprint density at radius 1 is 0.863 bits per heavy atom. The first-order chi connectivity index (χ1) is 34.7. The van der Waals surface area contributed by atoms with Crippen LogP contribution in [-0.4, -0.2) is 133 Å². The molecule has 73 heavy (non-hydrogen) atoms. The number of hydrogen-bond acceptors (Lipinski definition) is 13. The highest BCUT2D eigenvalue weighted by Crippen LogP contribution is 2.35. The van der Waals surface area contributed by atoms with Gasteiger partial charge in [-0.1, -0.05) is 88.9 Å². The van der Waals surface area contributed by atoms with E-state index < -0.39 is 60.1 Å². The molecule has 410 valence electrons. The van der Waals surface area contributed by atoms with Crippen LogP contribution in [0, 0.1) is 30.6 Å². The lowest BCUT2D eigenvalue weighted by Crippen LogP contribution is -2.55. The fraction of sp³-hybridized carbons (Fsp3) is 0.702. The summed E-state index contributed by atoms with van der Waals surface area (Å²) in [4.78, 5) is 77.0. The zero-order valence-corrected chi connectivity index (χ0v) is 47.5. The molecular weight excluding hydrogens is 971 g/mol. The van der Waals surface area contributed by atoms with Gasteiger partial charge < -0.3 is 34.1 Å². The molecule has 2 N–H and O–H groups in total. The molecule has 7 rings (SSSR count). The van der Waals surface area contributed by atoms with E-state index in [2.05, 4.69) is 28.3 Å². The van der Waals surface area contributed by atoms with Crippen molar-refractivity contribution in [2.45, 2.75) is 206 Å². The third-order valence-corrected chi connectivity index (χ3v) is 16.4. The van der Waals surface area contributed by atoms with E-state index in [4.69, 9.17) is 40.5 Å². The summed E-state index contributed by atoms with van der Waals surface area (Å²) >= 11 is 6.44. The minimum atomic E-state index is -1.29. The lowest BCUT2D eigenvalue weighted by Gasteiger charge is -2.40. The molecule has 2 saturated heterocycles. The molecule has 1 aromatic rings. The minimum Gasteiger partial charge on any atom is -0.460 e. The summed E-state index contributed by atoms with van der Waals surface area (Å²) in [6, 6.07) is 4.55. The van der Waals surface area contributed by atoms with Gasteiger partial charge in [-0.05, 0) is 138 Å². The van der Waals surface area contributed by atoms with Gasteiger partial charge in [-0.25, -0.2) is 9.86 Å². The summed E-state index contributed by atoms with van der Waals surface area (Å²) in [5.41, 5.74) is 3.91. The molecule has 3 unspecified atom stereocenters. The summed E-state index contributed by atoms with van der Waals surface area (Å²) in [5, 5.41) is 20.9. The number of nitrogens with zero attached hydrogens (tertiary/aromatic N) is 2. The van der Waals surface area contributed by atoms with Crippen LogP contribution in [0.1, 0.15) is 144 Å². The van der Waals surface area contributed by atoms with Gasteiger partial charge in [-0.2, -0.15) is 0 Å². The third-order valence-electron chi connectivity index (χ3n) is 15.2. The predicted octanol–water partition coefficient (Wildman–Crippen LogP) is 9.47. The summed E-state index contributed by atoms with van der Waals surface area (Å²) < 4.78 is 23.2. The summed E-state index contributed by atoms with van der Waals surface area (Å²) in [6.45, 7) is 15.4. The maximum absolute atomic E-state index is 14.0. The Kier molecular flexibility index (Phi) is 25.9. The average molecular weight is 1060 g/mol. The standard InChI is InChI=1S/C49H69ClN2O10.C7H15OP.CH4O/c1-28(2)42-27-36(53)17-14-30(4)43(54)47(59-9)44(55)34(8)25-33(7)40-22-20-38(62-52(40)35-16-21-39(50)32(6)26-35)24-29(3)13-18-37-19-15-31(5)46(60-37)45(56)48(57)51-23-11-10-12-41(51)49(58)61-42;1-8-6-4-2-3-5-7(6)9;1-2/h14,16,20-22,24,26,28,31,33-34,37-38,40-43,46-47,54H,10-13,15,17-19,23,25,27H2,1-9H3;6-7H,2-5,9H2,1H3;2H,1H3/b29-24+,30-14+;;/t31-,33+,34-,37-,38?,40?,41+,42+,43-,46-,47-;6-,7-;/m11./s1. The molecule has 1 aromatic carbocycles. The van der Waals surface area contributed by atoms with Crippen molar-refractivity contribution in [2.75, 3.05) is 32.9 Å². The fourth-order valence-electron chi connectivity index (χ4n) is 10.5. The molecule has 1 aliphatic carbocycles. The smallest absolute Gasteiger partial charge is 0.329 e. The molecule has 14 nitrogen and oxygen atoms in total. The third kappa shape index (κ3) is 17.6. The molecule has 1 amide bonds. The highest BCUT2D eigenvalue weighted by molar-refractivity contribution is 7.17. The number of piperidine rings is 1. The predicted molar refractivity (Wildman–Crippen MR) is 289 cm³/mol. The van der Waals surface area contributed by atoms with Gasteiger partial charge in [0.15, 0.2) is 5.78 Å². The monoisotopic (exact) mass is 1060 g/mol. The maximum Gasteiger partial charge on any atom is 0.329 e. The zero-order chi connectivity index (χ0) is 54.1. The van der Waals surface area contributed by atoms with Crippen molar-refractivity contribution in [3.63, 3.8) is 0 Å². The number of carbonyl (C=O) groups is 5. The number of allylic oxidation sites excluding steroid dienone is 2. The number of amides is 1. The SMILES string of the molecule is CO.CO[C@@H]1CCCC[C@H]1P.CO[C@H]1C(=O)[C@H](C)C[C@H](C)C2C=CC(/C=C(\C)CC[C@@H]3CC[C@@H](C)[C@@H](O3)C(=O)C(=O)N3CCCC[C@H]3C(=O)O[C@H](C(C)C)CC(=O)C/C=C(\C)[C@H]1O)ON2c1ccc(Cl)c(C)c1. The Balaban J connectivity index is 0.000000936. The van der Waals surface area contributed by atoms with Crippen molar-refractivity contribution in [3.8, 4) is 0 Å². The second kappa shape index (κ2) is 30.4. The fourth-order valence-corrected chi connectivity index (χ4v) is 11.2. The average Bonchev–Trinajstić information content (AvgIpc) is 3.38. The second-order valence-electron chi connectivity index (χ2n) is 21.3. The number of fused-ring (bicyclic) bond motifs is 16. The van der Waals surface area contributed by atoms with Crippen molar-refractivity contribution < 1.29 is 58.0 Å². The van der Waals surface area contributed by atoms with Crippen LogP contribution in [0.5, 0.6) is 0 Å². The molecule has 16 heteroatoms. The Bertz CT molecular complexity index is 2080. The number of aliphatic hydroxyl groups excluding tert-OH is 2. The second-order valence-corrected chi connectivity index (χ2v) is 22.6. The quantitative estimate of drug-likeness (QED) is 0.126. The molecule has 0 spiro atoms. The summed E-state index contributed by atoms with van der Waals surface area (Å²) in [5.74, 6) is -3.47. The molecule has 4 bridgehead atoms. The minimum absolute atomic E-state index is 0.0618. The molecule has 5 heterocycles. The van der Waals surface area contributed by atoms with E-state index >= 15 is 0 Å². The largest absolute Gasteiger partial charge is 0.460 e. The van der Waals surface area contributed by atoms with Gasteiger partial charge in [-0.3, -0.25) is 24.0 Å². The molecule has 6 aliphatic rings. The van der Waals surface area contributed by atoms with E-state index in [1.807, 2.05) is 78.0 Å². The number of halogens is 1. The number of carbonyl (C=O) groups excluding carboxylic acids is 5. The topological polar surface area (TPSA) is 178 Å². The van der Waals surface area contributed by atoms with Crippen molar-refractivity contribution in [3.05, 3.63) is 64.2 Å². The number of hydrogen-bond donors (Lipinski definition) is 2. The van der Waals surface area contributed by atoms with E-state index in [9.17, 15) is 29.1 Å². The Labute approximate surface area is 443 Å². The normalized spacial score (nSPS) is 34.3. The highest BCUT2D eigenvalue weighted by atomic mass is 35.5. The number of aliphatic hydroxyl groups is 2. The summed E-state index contributed by atoms with van der Waals surface area (Å²) in [7, 11) is 7.07. The lowest BCUT2D eigenvalue weighted by molar-refractivity contribution is -0.169. The Morgan fingerprint density at radius 3 is 2.21 bits per heavy atom. The van der Waals surface area contributed by atoms with Crippen molar-refractivity contribution >= 4 is 55.8 Å². The van der Waals surface area contributed by atoms with Crippen LogP contribution in [0.4, 0.5) is 5.69 Å². The molecule has 1 saturated carbocycles. The van der Waals surface area contributed by atoms with E-state index in [1.165, 1.54) is 37.7 Å². The van der Waals surface area contributed by atoms with Gasteiger partial charge in [0.2, 0.25) is 5.78 Å². The van der Waals surface area contributed by atoms with Crippen LogP contribution in [0.2, 0.25) is 5.02 Å². The maximum atomic E-state index is 14.0. The summed E-state index contributed by atoms with van der Waals surface area (Å²) in [6.07, 6.45) is 13.7. The molecule has 0 aromatic heterocycles. The van der Waals surface area contributed by atoms with Gasteiger partial charge >= 0.3 is 5.97 Å². The number of rotatable bonds is 4. The van der Waals surface area contributed by atoms with Crippen LogP contribution in [0.15, 0.2) is 53.6 Å². The van der Waals surface area contributed by atoms with Crippen molar-refractivity contribution in [1.29, 1.82) is 0 Å². The van der Waals surface area contributed by atoms with Gasteiger partial charge in [-0.15, -0.1) is 9.24 Å². The van der Waals surface area contributed by atoms with Crippen LogP contribution in [0.3, 0.4) is 0 Å². The number of hydroxylamine groups is 1. The van der Waals surface area contributed by atoms with Crippen LogP contribution < -0.4 is 5.06 Å². The molecule has 5 aliphatic heterocycles. The van der Waals surface area contributed by atoms with Crippen LogP contribution in [-0.2, 0) is 47.8 Å². The van der Waals surface area contributed by atoms with Crippen molar-refractivity contribution in [1.82, 2.24) is 4.90 Å². The first-order valence-electron chi connectivity index (χ1n) is 26.7. The number of benzene rings is 1. The number of ketones is 3. The number of Topliss-reactive ketones (excluding diaryl/α,β-unsaturated/α-hetero) is 3. The molecule has 0 radical (unpaired) electrons. The van der Waals surface area contributed by atoms with Crippen LogP contribution in [0.25, 0.3) is 0 Å². The van der Waals surface area contributed by atoms with Gasteiger partial charge in [0.25, 0.3) is 5.91 Å². The van der Waals surface area contributed by atoms with Crippen LogP contribution >= 0.6 is 20.8 Å². The first-order valence-corrected chi connectivity index (χ1v) is 27.7. The number of methoxy groups -OCH3 is 2. The van der Waals surface area contributed by atoms with E-state index in [0.29, 0.717) is 60.9 Å². The number of esters is 1. The molecule has 14 atom stereocenters. The van der Waals surface area contributed by atoms with E-state index in [1.54, 1.807) is 13.0 Å². The zero-order valence-electron chi connectivity index (χ0n) is 45.6. The van der Waals surface area contributed by atoms with E-state index in [0.717, 1.165) is 36.8 Å².